The van der Waals surface area contributed by atoms with Crippen LogP contribution in [0.4, 0.5) is 10.1 Å². The van der Waals surface area contributed by atoms with Gasteiger partial charge in [-0.25, -0.2) is 4.39 Å². The third-order valence-corrected chi connectivity index (χ3v) is 1.97. The third kappa shape index (κ3) is 1.55. The van der Waals surface area contributed by atoms with Crippen LogP contribution in [0.1, 0.15) is 10.4 Å². The second kappa shape index (κ2) is 3.10. The molecular weight excluding hydrogens is 229 g/mol. The number of nitrogens with two attached hydrogens (primary N) is 1. The molecule has 0 amide bonds. The van der Waals surface area contributed by atoms with Crippen LogP contribution in [0.15, 0.2) is 16.6 Å². The van der Waals surface area contributed by atoms with Gasteiger partial charge in [-0.15, -0.1) is 0 Å². The van der Waals surface area contributed by atoms with E-state index in [1.54, 1.807) is 0 Å². The smallest absolute Gasteiger partial charge is 0.125 e. The topological polar surface area (TPSA) is 66.2 Å². The van der Waals surface area contributed by atoms with Gasteiger partial charge >= 0.3 is 0 Å². The Morgan fingerprint density at radius 2 is 2.17 bits per heavy atom. The summed E-state index contributed by atoms with van der Waals surface area (Å²) in [7, 11) is 0. The maximum Gasteiger partial charge on any atom is 0.125 e. The van der Waals surface area contributed by atoms with Gasteiger partial charge in [-0.3, -0.25) is 0 Å². The first-order valence-corrected chi connectivity index (χ1v) is 3.77. The molecule has 0 heterocycles. The van der Waals surface area contributed by atoms with Crippen molar-refractivity contribution < 1.29 is 14.3 Å². The van der Waals surface area contributed by atoms with E-state index in [9.17, 15) is 14.3 Å². The van der Waals surface area contributed by atoms with E-state index in [1.165, 1.54) is 0 Å². The number of halogens is 2. The minimum Gasteiger partial charge on any atom is -0.545 e. The van der Waals surface area contributed by atoms with Gasteiger partial charge in [0.15, 0.2) is 0 Å². The fourth-order valence-electron chi connectivity index (χ4n) is 0.754. The fraction of sp³-hybridized carbons (Fsp3) is 0. The van der Waals surface area contributed by atoms with E-state index >= 15 is 0 Å². The van der Waals surface area contributed by atoms with Crippen LogP contribution in [-0.2, 0) is 0 Å². The van der Waals surface area contributed by atoms with Gasteiger partial charge in [0.05, 0.1) is 11.7 Å². The standard InChI is InChI=1S/C7H5BrFNO2/c8-5-2-3(9)1-4(6(5)10)7(11)12/h1-2H,10H2,(H,11,12)/p-1. The molecule has 0 aliphatic rings. The second-order valence-corrected chi connectivity index (χ2v) is 2.99. The number of hydrogen-bond donors (Lipinski definition) is 1. The van der Waals surface area contributed by atoms with E-state index in [0.717, 1.165) is 12.1 Å². The highest BCUT2D eigenvalue weighted by Gasteiger charge is 2.06. The minimum atomic E-state index is -1.49. The quantitative estimate of drug-likeness (QED) is 0.719. The molecule has 64 valence electrons. The lowest BCUT2D eigenvalue weighted by Crippen LogP contribution is -2.23. The summed E-state index contributed by atoms with van der Waals surface area (Å²) in [6.07, 6.45) is 0. The van der Waals surface area contributed by atoms with Crippen molar-refractivity contribution in [1.29, 1.82) is 0 Å². The van der Waals surface area contributed by atoms with Gasteiger partial charge in [-0.2, -0.15) is 0 Å². The summed E-state index contributed by atoms with van der Waals surface area (Å²) in [6.45, 7) is 0. The highest BCUT2D eigenvalue weighted by Crippen LogP contribution is 2.24. The number of carbonyl (C=O) groups excluding carboxylic acids is 1. The van der Waals surface area contributed by atoms with E-state index in [2.05, 4.69) is 15.9 Å². The number of carboxylic acid groups (broad SMARTS) is 1. The van der Waals surface area contributed by atoms with E-state index < -0.39 is 11.8 Å². The number of hydrogen-bond acceptors (Lipinski definition) is 3. The van der Waals surface area contributed by atoms with Crippen LogP contribution in [0.2, 0.25) is 0 Å². The molecule has 0 unspecified atom stereocenters. The third-order valence-electron chi connectivity index (χ3n) is 1.31. The first kappa shape index (κ1) is 8.99. The summed E-state index contributed by atoms with van der Waals surface area (Å²) >= 11 is 2.91. The second-order valence-electron chi connectivity index (χ2n) is 2.14. The molecular formula is C7H4BrFNO2-. The Kier molecular flexibility index (Phi) is 2.32. The molecule has 0 fully saturated rings. The Morgan fingerprint density at radius 3 is 2.67 bits per heavy atom. The number of carboxylic acids is 1. The highest BCUT2D eigenvalue weighted by molar-refractivity contribution is 9.10. The Bertz CT molecular complexity index is 340. The maximum atomic E-state index is 12.6. The molecule has 0 spiro atoms. The predicted molar refractivity (Wildman–Crippen MR) is 42.8 cm³/mol. The number of benzene rings is 1. The van der Waals surface area contributed by atoms with Crippen LogP contribution in [0.5, 0.6) is 0 Å². The molecule has 2 N–H and O–H groups in total. The van der Waals surface area contributed by atoms with E-state index in [0.29, 0.717) is 0 Å². The van der Waals surface area contributed by atoms with Crippen LogP contribution in [0.25, 0.3) is 0 Å². The molecule has 5 heteroatoms. The molecule has 1 rings (SSSR count). The molecule has 0 aliphatic carbocycles. The van der Waals surface area contributed by atoms with Gasteiger partial charge in [0.1, 0.15) is 5.82 Å². The molecule has 0 bridgehead atoms. The van der Waals surface area contributed by atoms with Crippen molar-refractivity contribution in [3.63, 3.8) is 0 Å². The van der Waals surface area contributed by atoms with Gasteiger partial charge in [-0.1, -0.05) is 0 Å². The van der Waals surface area contributed by atoms with Gasteiger partial charge in [0.25, 0.3) is 0 Å². The number of rotatable bonds is 1. The lowest BCUT2D eigenvalue weighted by molar-refractivity contribution is -0.254. The first-order valence-electron chi connectivity index (χ1n) is 2.98. The Hall–Kier alpha value is -1.10. The van der Waals surface area contributed by atoms with Gasteiger partial charge in [-0.05, 0) is 28.1 Å². The van der Waals surface area contributed by atoms with E-state index in [-0.39, 0.29) is 15.7 Å². The van der Waals surface area contributed by atoms with Crippen molar-refractivity contribution in [3.8, 4) is 0 Å². The molecule has 0 atom stereocenters. The fourth-order valence-corrected chi connectivity index (χ4v) is 1.19. The van der Waals surface area contributed by atoms with Crippen molar-refractivity contribution >= 4 is 27.6 Å². The Labute approximate surface area is 76.1 Å². The van der Waals surface area contributed by atoms with Crippen molar-refractivity contribution in [2.24, 2.45) is 0 Å². The zero-order valence-electron chi connectivity index (χ0n) is 5.80. The van der Waals surface area contributed by atoms with Crippen molar-refractivity contribution in [2.75, 3.05) is 5.73 Å². The lowest BCUT2D eigenvalue weighted by atomic mass is 10.2. The normalized spacial score (nSPS) is 9.83. The summed E-state index contributed by atoms with van der Waals surface area (Å²) in [5.74, 6) is -2.16. The molecule has 0 saturated heterocycles. The van der Waals surface area contributed by atoms with Crippen LogP contribution in [0.3, 0.4) is 0 Å². The zero-order valence-corrected chi connectivity index (χ0v) is 7.39. The minimum absolute atomic E-state index is 0.0311. The monoisotopic (exact) mass is 232 g/mol. The Morgan fingerprint density at radius 1 is 1.58 bits per heavy atom. The zero-order chi connectivity index (χ0) is 9.30. The molecule has 0 aromatic heterocycles. The van der Waals surface area contributed by atoms with Gasteiger partial charge < -0.3 is 15.6 Å². The van der Waals surface area contributed by atoms with E-state index in [4.69, 9.17) is 5.73 Å². The first-order chi connectivity index (χ1) is 5.52. The number of nitrogen functional groups attached to an aromatic ring is 1. The SMILES string of the molecule is Nc1c(Br)cc(F)cc1C(=O)[O-]. The molecule has 1 aromatic carbocycles. The number of aromatic carboxylic acids is 1. The summed E-state index contributed by atoms with van der Waals surface area (Å²) in [6, 6.07) is 1.90. The van der Waals surface area contributed by atoms with Gasteiger partial charge in [0, 0.05) is 10.0 Å². The Balaban J connectivity index is 3.37. The lowest BCUT2D eigenvalue weighted by Gasteiger charge is -2.07. The van der Waals surface area contributed by atoms with Crippen LogP contribution >= 0.6 is 15.9 Å². The van der Waals surface area contributed by atoms with Crippen LogP contribution in [-0.4, -0.2) is 5.97 Å². The summed E-state index contributed by atoms with van der Waals surface area (Å²) < 4.78 is 12.8. The van der Waals surface area contributed by atoms with Gasteiger partial charge in [0.2, 0.25) is 0 Å². The van der Waals surface area contributed by atoms with Crippen molar-refractivity contribution in [3.05, 3.63) is 28.0 Å². The number of carbonyl (C=O) groups is 1. The average Bonchev–Trinajstić information content (AvgIpc) is 1.96. The summed E-state index contributed by atoms with van der Waals surface area (Å²) in [5, 5.41) is 10.3. The molecule has 0 saturated carbocycles. The van der Waals surface area contributed by atoms with Crippen molar-refractivity contribution in [1.82, 2.24) is 0 Å². The molecule has 0 radical (unpaired) electrons. The van der Waals surface area contributed by atoms with E-state index in [1.807, 2.05) is 0 Å². The maximum absolute atomic E-state index is 12.6. The summed E-state index contributed by atoms with van der Waals surface area (Å²) in [4.78, 5) is 10.3. The number of anilines is 1. The highest BCUT2D eigenvalue weighted by atomic mass is 79.9. The predicted octanol–water partition coefficient (Wildman–Crippen LogP) is 0.534. The molecule has 1 aromatic rings. The molecule has 12 heavy (non-hydrogen) atoms. The largest absolute Gasteiger partial charge is 0.545 e. The molecule has 3 nitrogen and oxygen atoms in total. The average molecular weight is 233 g/mol. The summed E-state index contributed by atoms with van der Waals surface area (Å²) in [5.41, 5.74) is 4.94. The van der Waals surface area contributed by atoms with Crippen LogP contribution in [0, 0.1) is 5.82 Å². The molecule has 0 aliphatic heterocycles. The van der Waals surface area contributed by atoms with Crippen molar-refractivity contribution in [2.45, 2.75) is 0 Å². The van der Waals surface area contributed by atoms with Crippen LogP contribution < -0.4 is 10.8 Å².